The predicted molar refractivity (Wildman–Crippen MR) is 95.1 cm³/mol. The molecular formula is C16H15Cl3N2O3. The highest BCUT2D eigenvalue weighted by molar-refractivity contribution is 6.42. The van der Waals surface area contributed by atoms with E-state index in [2.05, 4.69) is 0 Å². The fourth-order valence-corrected chi connectivity index (χ4v) is 2.56. The Morgan fingerprint density at radius 3 is 2.46 bits per heavy atom. The van der Waals surface area contributed by atoms with E-state index >= 15 is 0 Å². The van der Waals surface area contributed by atoms with Gasteiger partial charge in [-0.1, -0.05) is 40.9 Å². The SMILES string of the molecule is CCOc1cc(C(=O)NN)cc(Cl)c1OCc1ccc(Cl)c(Cl)c1. The number of amides is 1. The Morgan fingerprint density at radius 2 is 1.83 bits per heavy atom. The lowest BCUT2D eigenvalue weighted by Gasteiger charge is -2.15. The third-order valence-corrected chi connectivity index (χ3v) is 4.09. The van der Waals surface area contributed by atoms with Crippen LogP contribution in [0.2, 0.25) is 15.1 Å². The smallest absolute Gasteiger partial charge is 0.265 e. The molecule has 0 saturated carbocycles. The summed E-state index contributed by atoms with van der Waals surface area (Å²) in [6.45, 7) is 2.40. The molecule has 1 amide bonds. The average molecular weight is 390 g/mol. The predicted octanol–water partition coefficient (Wildman–Crippen LogP) is 4.23. The number of benzene rings is 2. The second-order valence-electron chi connectivity index (χ2n) is 4.73. The van der Waals surface area contributed by atoms with E-state index in [0.29, 0.717) is 28.2 Å². The maximum absolute atomic E-state index is 11.7. The fourth-order valence-electron chi connectivity index (χ4n) is 1.97. The highest BCUT2D eigenvalue weighted by atomic mass is 35.5. The summed E-state index contributed by atoms with van der Waals surface area (Å²) in [5.74, 6) is 5.34. The van der Waals surface area contributed by atoms with Crippen molar-refractivity contribution in [2.45, 2.75) is 13.5 Å². The van der Waals surface area contributed by atoms with Crippen LogP contribution < -0.4 is 20.7 Å². The zero-order valence-electron chi connectivity index (χ0n) is 12.7. The van der Waals surface area contributed by atoms with E-state index in [-0.39, 0.29) is 17.2 Å². The average Bonchev–Trinajstić information content (AvgIpc) is 2.56. The Morgan fingerprint density at radius 1 is 1.08 bits per heavy atom. The number of hydrogen-bond donors (Lipinski definition) is 2. The third-order valence-electron chi connectivity index (χ3n) is 3.07. The van der Waals surface area contributed by atoms with E-state index in [1.807, 2.05) is 12.3 Å². The summed E-state index contributed by atoms with van der Waals surface area (Å²) in [6.07, 6.45) is 0. The molecule has 0 saturated heterocycles. The highest BCUT2D eigenvalue weighted by Crippen LogP contribution is 2.37. The van der Waals surface area contributed by atoms with Crippen molar-refractivity contribution in [2.75, 3.05) is 6.61 Å². The summed E-state index contributed by atoms with van der Waals surface area (Å²) in [6, 6.07) is 8.15. The minimum absolute atomic E-state index is 0.207. The van der Waals surface area contributed by atoms with Crippen LogP contribution in [-0.2, 0) is 6.61 Å². The first-order chi connectivity index (χ1) is 11.5. The molecular weight excluding hydrogens is 375 g/mol. The van der Waals surface area contributed by atoms with Gasteiger partial charge in [-0.15, -0.1) is 0 Å². The monoisotopic (exact) mass is 388 g/mol. The topological polar surface area (TPSA) is 73.6 Å². The van der Waals surface area contributed by atoms with Gasteiger partial charge in [-0.05, 0) is 36.8 Å². The summed E-state index contributed by atoms with van der Waals surface area (Å²) < 4.78 is 11.3. The molecule has 0 bridgehead atoms. The first-order valence-electron chi connectivity index (χ1n) is 7.00. The van der Waals surface area contributed by atoms with Crippen molar-refractivity contribution in [1.82, 2.24) is 5.43 Å². The zero-order chi connectivity index (χ0) is 17.7. The molecule has 5 nitrogen and oxygen atoms in total. The van der Waals surface area contributed by atoms with Crippen molar-refractivity contribution in [3.63, 3.8) is 0 Å². The van der Waals surface area contributed by atoms with Crippen LogP contribution in [0, 0.1) is 0 Å². The number of carbonyl (C=O) groups is 1. The molecule has 2 aromatic carbocycles. The minimum Gasteiger partial charge on any atom is -0.490 e. The molecule has 0 aromatic heterocycles. The molecule has 0 radical (unpaired) electrons. The molecule has 3 N–H and O–H groups in total. The Balaban J connectivity index is 2.27. The Kier molecular flexibility index (Phi) is 6.57. The van der Waals surface area contributed by atoms with Crippen molar-refractivity contribution >= 4 is 40.7 Å². The quantitative estimate of drug-likeness (QED) is 0.440. The number of nitrogen functional groups attached to an aromatic ring is 1. The van der Waals surface area contributed by atoms with E-state index in [0.717, 1.165) is 5.56 Å². The van der Waals surface area contributed by atoms with Gasteiger partial charge < -0.3 is 9.47 Å². The van der Waals surface area contributed by atoms with E-state index in [4.69, 9.17) is 50.1 Å². The normalized spacial score (nSPS) is 10.4. The van der Waals surface area contributed by atoms with Crippen LogP contribution in [0.25, 0.3) is 0 Å². The van der Waals surface area contributed by atoms with Crippen molar-refractivity contribution < 1.29 is 14.3 Å². The summed E-state index contributed by atoms with van der Waals surface area (Å²) in [5.41, 5.74) is 3.13. The Labute approximate surface area is 154 Å². The number of rotatable bonds is 6. The molecule has 2 aromatic rings. The number of nitrogens with one attached hydrogen (secondary N) is 1. The fraction of sp³-hybridized carbons (Fsp3) is 0.188. The largest absolute Gasteiger partial charge is 0.490 e. The second-order valence-corrected chi connectivity index (χ2v) is 5.95. The van der Waals surface area contributed by atoms with E-state index < -0.39 is 5.91 Å². The Hall–Kier alpha value is -1.66. The number of hydrazine groups is 1. The van der Waals surface area contributed by atoms with E-state index in [1.54, 1.807) is 18.2 Å². The number of halogens is 3. The number of nitrogens with two attached hydrogens (primary N) is 1. The lowest BCUT2D eigenvalue weighted by Crippen LogP contribution is -2.30. The highest BCUT2D eigenvalue weighted by Gasteiger charge is 2.16. The van der Waals surface area contributed by atoms with Gasteiger partial charge >= 0.3 is 0 Å². The van der Waals surface area contributed by atoms with Crippen LogP contribution in [-0.4, -0.2) is 12.5 Å². The molecule has 24 heavy (non-hydrogen) atoms. The van der Waals surface area contributed by atoms with Gasteiger partial charge in [0.15, 0.2) is 11.5 Å². The van der Waals surface area contributed by atoms with Gasteiger partial charge in [-0.2, -0.15) is 0 Å². The maximum atomic E-state index is 11.7. The number of hydrogen-bond acceptors (Lipinski definition) is 4. The standard InChI is InChI=1S/C16H15Cl3N2O3/c1-2-23-14-7-10(16(22)21-20)6-13(19)15(14)24-8-9-3-4-11(17)12(18)5-9/h3-7H,2,8,20H2,1H3,(H,21,22). The van der Waals surface area contributed by atoms with Crippen molar-refractivity contribution in [3.8, 4) is 11.5 Å². The van der Waals surface area contributed by atoms with Crippen LogP contribution in [0.5, 0.6) is 11.5 Å². The van der Waals surface area contributed by atoms with Gasteiger partial charge in [0, 0.05) is 5.56 Å². The van der Waals surface area contributed by atoms with Crippen molar-refractivity contribution in [2.24, 2.45) is 5.84 Å². The van der Waals surface area contributed by atoms with Gasteiger partial charge in [0.05, 0.1) is 21.7 Å². The van der Waals surface area contributed by atoms with Crippen molar-refractivity contribution in [3.05, 3.63) is 56.5 Å². The van der Waals surface area contributed by atoms with Crippen LogP contribution in [0.15, 0.2) is 30.3 Å². The van der Waals surface area contributed by atoms with Crippen LogP contribution in [0.1, 0.15) is 22.8 Å². The third kappa shape index (κ3) is 4.45. The first kappa shape index (κ1) is 18.7. The molecule has 0 heterocycles. The minimum atomic E-state index is -0.478. The molecule has 0 atom stereocenters. The molecule has 2 rings (SSSR count). The molecule has 0 aliphatic rings. The summed E-state index contributed by atoms with van der Waals surface area (Å²) in [7, 11) is 0. The van der Waals surface area contributed by atoms with Crippen molar-refractivity contribution in [1.29, 1.82) is 0 Å². The molecule has 0 fully saturated rings. The lowest BCUT2D eigenvalue weighted by molar-refractivity contribution is 0.0953. The van der Waals surface area contributed by atoms with Crippen LogP contribution >= 0.6 is 34.8 Å². The Bertz CT molecular complexity index is 754. The number of ether oxygens (including phenoxy) is 2. The second kappa shape index (κ2) is 8.44. The first-order valence-corrected chi connectivity index (χ1v) is 8.13. The van der Waals surface area contributed by atoms with Gasteiger partial charge in [0.25, 0.3) is 5.91 Å². The van der Waals surface area contributed by atoms with Gasteiger partial charge in [0.2, 0.25) is 0 Å². The molecule has 8 heteroatoms. The summed E-state index contributed by atoms with van der Waals surface area (Å²) in [4.78, 5) is 11.7. The van der Waals surface area contributed by atoms with Gasteiger partial charge in [-0.25, -0.2) is 5.84 Å². The van der Waals surface area contributed by atoms with Crippen LogP contribution in [0.4, 0.5) is 0 Å². The summed E-state index contributed by atoms with van der Waals surface area (Å²) >= 11 is 18.1. The zero-order valence-corrected chi connectivity index (χ0v) is 15.0. The molecule has 128 valence electrons. The van der Waals surface area contributed by atoms with Gasteiger partial charge in [0.1, 0.15) is 6.61 Å². The lowest BCUT2D eigenvalue weighted by atomic mass is 10.2. The van der Waals surface area contributed by atoms with E-state index in [1.165, 1.54) is 12.1 Å². The maximum Gasteiger partial charge on any atom is 0.265 e. The molecule has 0 aliphatic heterocycles. The van der Waals surface area contributed by atoms with Gasteiger partial charge in [-0.3, -0.25) is 10.2 Å². The summed E-state index contributed by atoms with van der Waals surface area (Å²) in [5, 5.41) is 1.13. The van der Waals surface area contributed by atoms with Crippen LogP contribution in [0.3, 0.4) is 0 Å². The van der Waals surface area contributed by atoms with E-state index in [9.17, 15) is 4.79 Å². The number of carbonyl (C=O) groups excluding carboxylic acids is 1. The molecule has 0 spiro atoms. The molecule has 0 aliphatic carbocycles. The molecule has 0 unspecified atom stereocenters.